The molecule has 1 saturated heterocycles. The van der Waals surface area contributed by atoms with E-state index in [9.17, 15) is 4.79 Å². The lowest BCUT2D eigenvalue weighted by Gasteiger charge is -2.39. The number of morpholine rings is 1. The topological polar surface area (TPSA) is 45.7 Å². The highest BCUT2D eigenvalue weighted by atomic mass is 16.5. The summed E-state index contributed by atoms with van der Waals surface area (Å²) in [6.45, 7) is 4.70. The molecule has 0 bridgehead atoms. The van der Waals surface area contributed by atoms with E-state index < -0.39 is 5.60 Å². The van der Waals surface area contributed by atoms with E-state index in [1.165, 1.54) is 5.56 Å². The van der Waals surface area contributed by atoms with Gasteiger partial charge >= 0.3 is 0 Å². The van der Waals surface area contributed by atoms with Gasteiger partial charge in [0.15, 0.2) is 5.60 Å². The summed E-state index contributed by atoms with van der Waals surface area (Å²) in [7, 11) is 3.86. The summed E-state index contributed by atoms with van der Waals surface area (Å²) in [4.78, 5) is 20.4. The average Bonchev–Trinajstić information content (AvgIpc) is 2.45. The molecule has 1 aliphatic heterocycles. The molecule has 1 atom stereocenters. The number of aromatic nitrogens is 1. The van der Waals surface area contributed by atoms with E-state index in [0.717, 1.165) is 13.0 Å². The largest absolute Gasteiger partial charge is 0.363 e. The third-order valence-electron chi connectivity index (χ3n) is 3.75. The molecule has 0 saturated carbocycles. The number of ether oxygens (including phenoxy) is 1. The standard InChI is InChI=1S/C15H23N3O2/c1-15(12-17(2)10-11-20-15)14(19)18(3)9-6-13-4-7-16-8-5-13/h4-5,7-8H,6,9-12H2,1-3H3/t15-/m0/s1. The third kappa shape index (κ3) is 3.55. The Morgan fingerprint density at radius 2 is 2.20 bits per heavy atom. The predicted molar refractivity (Wildman–Crippen MR) is 77.4 cm³/mol. The molecule has 1 aromatic rings. The van der Waals surface area contributed by atoms with Crippen LogP contribution in [0.25, 0.3) is 0 Å². The van der Waals surface area contributed by atoms with E-state index in [-0.39, 0.29) is 5.91 Å². The van der Waals surface area contributed by atoms with Gasteiger partial charge in [0.2, 0.25) is 0 Å². The minimum Gasteiger partial charge on any atom is -0.363 e. The number of rotatable bonds is 4. The van der Waals surface area contributed by atoms with Gasteiger partial charge in [0.1, 0.15) is 0 Å². The number of hydrogen-bond donors (Lipinski definition) is 0. The number of likely N-dealkylation sites (N-methyl/N-ethyl adjacent to an activating group) is 2. The summed E-state index contributed by atoms with van der Waals surface area (Å²) in [5.74, 6) is 0.0538. The Kier molecular flexibility index (Phi) is 4.73. The molecule has 0 unspecified atom stereocenters. The Morgan fingerprint density at radius 3 is 2.85 bits per heavy atom. The monoisotopic (exact) mass is 277 g/mol. The van der Waals surface area contributed by atoms with Crippen molar-refractivity contribution in [3.05, 3.63) is 30.1 Å². The second kappa shape index (κ2) is 6.33. The van der Waals surface area contributed by atoms with Gasteiger partial charge in [0.25, 0.3) is 5.91 Å². The fourth-order valence-electron chi connectivity index (χ4n) is 2.55. The predicted octanol–water partition coefficient (Wildman–Crippen LogP) is 0.803. The molecular weight excluding hydrogens is 254 g/mol. The summed E-state index contributed by atoms with van der Waals surface area (Å²) < 4.78 is 5.73. The van der Waals surface area contributed by atoms with Crippen molar-refractivity contribution in [1.29, 1.82) is 0 Å². The van der Waals surface area contributed by atoms with E-state index in [1.54, 1.807) is 17.3 Å². The molecule has 0 N–H and O–H groups in total. The van der Waals surface area contributed by atoms with Gasteiger partial charge < -0.3 is 14.5 Å². The van der Waals surface area contributed by atoms with Crippen LogP contribution in [-0.2, 0) is 16.0 Å². The summed E-state index contributed by atoms with van der Waals surface area (Å²) in [6.07, 6.45) is 4.38. The Morgan fingerprint density at radius 1 is 1.50 bits per heavy atom. The highest BCUT2D eigenvalue weighted by Gasteiger charge is 2.39. The minimum absolute atomic E-state index is 0.0538. The van der Waals surface area contributed by atoms with Crippen LogP contribution >= 0.6 is 0 Å². The molecular formula is C15H23N3O2. The first kappa shape index (κ1) is 14.9. The fraction of sp³-hybridized carbons (Fsp3) is 0.600. The molecule has 1 aliphatic rings. The first-order valence-corrected chi connectivity index (χ1v) is 6.98. The zero-order chi connectivity index (χ0) is 14.6. The first-order chi connectivity index (χ1) is 9.51. The van der Waals surface area contributed by atoms with Crippen LogP contribution in [0.1, 0.15) is 12.5 Å². The van der Waals surface area contributed by atoms with Crippen molar-refractivity contribution in [2.24, 2.45) is 0 Å². The van der Waals surface area contributed by atoms with Gasteiger partial charge in [0, 0.05) is 39.1 Å². The quantitative estimate of drug-likeness (QED) is 0.817. The SMILES string of the molecule is CN1CCO[C@](C)(C(=O)N(C)CCc2ccncc2)C1. The Hall–Kier alpha value is -1.46. The Balaban J connectivity index is 1.91. The highest BCUT2D eigenvalue weighted by molar-refractivity contribution is 5.85. The Labute approximate surface area is 120 Å². The lowest BCUT2D eigenvalue weighted by molar-refractivity contribution is -0.164. The summed E-state index contributed by atoms with van der Waals surface area (Å²) in [5.41, 5.74) is 0.464. The van der Waals surface area contributed by atoms with E-state index in [2.05, 4.69) is 9.88 Å². The molecule has 0 spiro atoms. The zero-order valence-electron chi connectivity index (χ0n) is 12.5. The van der Waals surface area contributed by atoms with Crippen molar-refractivity contribution >= 4 is 5.91 Å². The summed E-state index contributed by atoms with van der Waals surface area (Å²) >= 11 is 0. The van der Waals surface area contributed by atoms with Gasteiger partial charge in [-0.25, -0.2) is 0 Å². The lowest BCUT2D eigenvalue weighted by atomic mass is 10.0. The molecule has 0 radical (unpaired) electrons. The molecule has 110 valence electrons. The van der Waals surface area contributed by atoms with Crippen LogP contribution in [0.2, 0.25) is 0 Å². The smallest absolute Gasteiger partial charge is 0.255 e. The van der Waals surface area contributed by atoms with Crippen LogP contribution < -0.4 is 0 Å². The molecule has 0 aliphatic carbocycles. The van der Waals surface area contributed by atoms with Crippen LogP contribution in [0.3, 0.4) is 0 Å². The van der Waals surface area contributed by atoms with Gasteiger partial charge in [-0.05, 0) is 38.1 Å². The second-order valence-electron chi connectivity index (χ2n) is 5.65. The van der Waals surface area contributed by atoms with Crippen molar-refractivity contribution in [2.75, 3.05) is 40.3 Å². The lowest BCUT2D eigenvalue weighted by Crippen LogP contribution is -2.57. The highest BCUT2D eigenvalue weighted by Crippen LogP contribution is 2.19. The number of hydrogen-bond acceptors (Lipinski definition) is 4. The van der Waals surface area contributed by atoms with Gasteiger partial charge in [0.05, 0.1) is 6.61 Å². The number of carbonyl (C=O) groups is 1. The normalized spacial score (nSPS) is 23.6. The van der Waals surface area contributed by atoms with E-state index in [4.69, 9.17) is 4.74 Å². The van der Waals surface area contributed by atoms with Crippen molar-refractivity contribution in [3.63, 3.8) is 0 Å². The molecule has 1 aromatic heterocycles. The maximum atomic E-state index is 12.5. The van der Waals surface area contributed by atoms with E-state index in [0.29, 0.717) is 19.7 Å². The van der Waals surface area contributed by atoms with Gasteiger partial charge in [-0.1, -0.05) is 0 Å². The number of carbonyl (C=O) groups excluding carboxylic acids is 1. The van der Waals surface area contributed by atoms with E-state index >= 15 is 0 Å². The third-order valence-corrected chi connectivity index (χ3v) is 3.75. The van der Waals surface area contributed by atoms with Crippen LogP contribution in [0.15, 0.2) is 24.5 Å². The molecule has 5 heteroatoms. The maximum absolute atomic E-state index is 12.5. The number of nitrogens with zero attached hydrogens (tertiary/aromatic N) is 3. The van der Waals surface area contributed by atoms with Gasteiger partial charge in [-0.2, -0.15) is 0 Å². The fourth-order valence-corrected chi connectivity index (χ4v) is 2.55. The second-order valence-corrected chi connectivity index (χ2v) is 5.65. The van der Waals surface area contributed by atoms with Gasteiger partial charge in [-0.15, -0.1) is 0 Å². The van der Waals surface area contributed by atoms with Crippen molar-refractivity contribution in [2.45, 2.75) is 18.9 Å². The molecule has 1 fully saturated rings. The van der Waals surface area contributed by atoms with Crippen LogP contribution in [0.4, 0.5) is 0 Å². The summed E-state index contributed by atoms with van der Waals surface area (Å²) in [5, 5.41) is 0. The number of amides is 1. The molecule has 0 aromatic carbocycles. The molecule has 2 heterocycles. The molecule has 2 rings (SSSR count). The van der Waals surface area contributed by atoms with E-state index in [1.807, 2.05) is 33.2 Å². The average molecular weight is 277 g/mol. The van der Waals surface area contributed by atoms with Crippen molar-refractivity contribution in [1.82, 2.24) is 14.8 Å². The van der Waals surface area contributed by atoms with Crippen LogP contribution in [0, 0.1) is 0 Å². The summed E-state index contributed by atoms with van der Waals surface area (Å²) in [6, 6.07) is 3.95. The Bertz CT molecular complexity index is 452. The molecule has 1 amide bonds. The van der Waals surface area contributed by atoms with Crippen LogP contribution in [-0.4, -0.2) is 66.6 Å². The number of pyridine rings is 1. The minimum atomic E-state index is -0.722. The van der Waals surface area contributed by atoms with Gasteiger partial charge in [-0.3, -0.25) is 9.78 Å². The van der Waals surface area contributed by atoms with Crippen LogP contribution in [0.5, 0.6) is 0 Å². The zero-order valence-corrected chi connectivity index (χ0v) is 12.5. The maximum Gasteiger partial charge on any atom is 0.255 e. The molecule has 20 heavy (non-hydrogen) atoms. The first-order valence-electron chi connectivity index (χ1n) is 6.98. The molecule has 5 nitrogen and oxygen atoms in total. The van der Waals surface area contributed by atoms with Crippen molar-refractivity contribution < 1.29 is 9.53 Å². The van der Waals surface area contributed by atoms with Crippen molar-refractivity contribution in [3.8, 4) is 0 Å².